The molecule has 1 N–H and O–H groups in total. The van der Waals surface area contributed by atoms with Gasteiger partial charge >= 0.3 is 0 Å². The van der Waals surface area contributed by atoms with Crippen molar-refractivity contribution in [3.05, 3.63) is 57.9 Å². The monoisotopic (exact) mass is 324 g/mol. The van der Waals surface area contributed by atoms with Gasteiger partial charge in [-0.15, -0.1) is 0 Å². The number of benzene rings is 1. The Morgan fingerprint density at radius 1 is 1.21 bits per heavy atom. The molecule has 0 bridgehead atoms. The third-order valence-electron chi connectivity index (χ3n) is 4.78. The number of hydrogen-bond donors (Lipinski definition) is 1. The van der Waals surface area contributed by atoms with Crippen molar-refractivity contribution < 1.29 is 9.53 Å². The molecule has 4 heteroatoms. The van der Waals surface area contributed by atoms with Crippen molar-refractivity contribution in [2.24, 2.45) is 0 Å². The van der Waals surface area contributed by atoms with Crippen molar-refractivity contribution >= 4 is 5.91 Å². The van der Waals surface area contributed by atoms with E-state index in [0.29, 0.717) is 6.54 Å². The molecule has 1 aliphatic carbocycles. The van der Waals surface area contributed by atoms with E-state index in [9.17, 15) is 4.79 Å². The molecule has 0 fully saturated rings. The molecular weight excluding hydrogens is 300 g/mol. The van der Waals surface area contributed by atoms with Crippen LogP contribution >= 0.6 is 0 Å². The van der Waals surface area contributed by atoms with Crippen molar-refractivity contribution in [3.63, 3.8) is 0 Å². The van der Waals surface area contributed by atoms with Gasteiger partial charge in [0.25, 0.3) is 5.91 Å². The van der Waals surface area contributed by atoms with Crippen LogP contribution in [0, 0.1) is 13.8 Å². The van der Waals surface area contributed by atoms with Gasteiger partial charge in [0.05, 0.1) is 19.3 Å². The quantitative estimate of drug-likeness (QED) is 0.936. The number of fused-ring (bicyclic) bond motifs is 1. The van der Waals surface area contributed by atoms with E-state index in [1.165, 1.54) is 24.0 Å². The average Bonchev–Trinajstić information content (AvgIpc) is 2.61. The predicted molar refractivity (Wildman–Crippen MR) is 94.5 cm³/mol. The minimum atomic E-state index is -0.0517. The standard InChI is InChI=1S/C20H24N2O2/c1-13-11-21-18(14(2)19(13)24-3)12-22-20(23)17-9-8-15-6-4-5-7-16(15)10-17/h8-11H,4-7,12H2,1-3H3,(H,22,23). The van der Waals surface area contributed by atoms with Gasteiger partial charge in [-0.25, -0.2) is 0 Å². The average molecular weight is 324 g/mol. The highest BCUT2D eigenvalue weighted by atomic mass is 16.5. The van der Waals surface area contributed by atoms with Gasteiger partial charge in [0.15, 0.2) is 0 Å². The molecule has 126 valence electrons. The van der Waals surface area contributed by atoms with Crippen LogP contribution in [-0.2, 0) is 19.4 Å². The molecule has 0 saturated heterocycles. The van der Waals surface area contributed by atoms with E-state index in [4.69, 9.17) is 4.74 Å². The Kier molecular flexibility index (Phi) is 4.84. The van der Waals surface area contributed by atoms with E-state index in [0.717, 1.165) is 41.0 Å². The van der Waals surface area contributed by atoms with E-state index >= 15 is 0 Å². The number of hydrogen-bond acceptors (Lipinski definition) is 3. The van der Waals surface area contributed by atoms with Crippen LogP contribution < -0.4 is 10.1 Å². The molecule has 1 aromatic carbocycles. The summed E-state index contributed by atoms with van der Waals surface area (Å²) in [5.41, 5.74) is 6.25. The van der Waals surface area contributed by atoms with Gasteiger partial charge in [-0.3, -0.25) is 9.78 Å². The number of carbonyl (C=O) groups is 1. The maximum Gasteiger partial charge on any atom is 0.251 e. The lowest BCUT2D eigenvalue weighted by Gasteiger charge is -2.16. The molecule has 2 aromatic rings. The first-order valence-electron chi connectivity index (χ1n) is 8.49. The van der Waals surface area contributed by atoms with Gasteiger partial charge in [-0.2, -0.15) is 0 Å². The number of amides is 1. The third kappa shape index (κ3) is 3.28. The summed E-state index contributed by atoms with van der Waals surface area (Å²) in [6, 6.07) is 6.07. The fourth-order valence-electron chi connectivity index (χ4n) is 3.39. The van der Waals surface area contributed by atoms with Crippen LogP contribution in [0.4, 0.5) is 0 Å². The molecule has 0 atom stereocenters. The molecule has 3 rings (SSSR count). The Morgan fingerprint density at radius 3 is 2.71 bits per heavy atom. The Labute approximate surface area is 143 Å². The highest BCUT2D eigenvalue weighted by Gasteiger charge is 2.14. The largest absolute Gasteiger partial charge is 0.496 e. The molecule has 1 amide bonds. The van der Waals surface area contributed by atoms with Gasteiger partial charge in [0, 0.05) is 22.9 Å². The summed E-state index contributed by atoms with van der Waals surface area (Å²) >= 11 is 0. The first-order chi connectivity index (χ1) is 11.6. The van der Waals surface area contributed by atoms with Crippen LogP contribution in [0.1, 0.15) is 51.1 Å². The van der Waals surface area contributed by atoms with Gasteiger partial charge in [0.2, 0.25) is 0 Å². The van der Waals surface area contributed by atoms with Crippen LogP contribution in [0.25, 0.3) is 0 Å². The molecule has 1 aliphatic rings. The second-order valence-electron chi connectivity index (χ2n) is 6.42. The lowest BCUT2D eigenvalue weighted by molar-refractivity contribution is 0.0950. The second kappa shape index (κ2) is 7.04. The van der Waals surface area contributed by atoms with Gasteiger partial charge in [-0.05, 0) is 62.8 Å². The predicted octanol–water partition coefficient (Wildman–Crippen LogP) is 3.52. The lowest BCUT2D eigenvalue weighted by Crippen LogP contribution is -2.24. The van der Waals surface area contributed by atoms with Gasteiger partial charge in [0.1, 0.15) is 5.75 Å². The highest BCUT2D eigenvalue weighted by molar-refractivity contribution is 5.94. The van der Waals surface area contributed by atoms with Crippen LogP contribution in [0.15, 0.2) is 24.4 Å². The fourth-order valence-corrected chi connectivity index (χ4v) is 3.39. The number of ether oxygens (including phenoxy) is 1. The minimum Gasteiger partial charge on any atom is -0.496 e. The van der Waals surface area contributed by atoms with E-state index in [1.807, 2.05) is 26.0 Å². The second-order valence-corrected chi connectivity index (χ2v) is 6.42. The van der Waals surface area contributed by atoms with Crippen LogP contribution in [0.5, 0.6) is 5.75 Å². The number of nitrogens with zero attached hydrogens (tertiary/aromatic N) is 1. The zero-order valence-corrected chi connectivity index (χ0v) is 14.6. The smallest absolute Gasteiger partial charge is 0.251 e. The van der Waals surface area contributed by atoms with Crippen LogP contribution in [0.3, 0.4) is 0 Å². The summed E-state index contributed by atoms with van der Waals surface area (Å²) < 4.78 is 5.42. The highest BCUT2D eigenvalue weighted by Crippen LogP contribution is 2.24. The summed E-state index contributed by atoms with van der Waals surface area (Å²) in [6.45, 7) is 4.34. The number of rotatable bonds is 4. The van der Waals surface area contributed by atoms with Gasteiger partial charge < -0.3 is 10.1 Å². The number of carbonyl (C=O) groups excluding carboxylic acids is 1. The lowest BCUT2D eigenvalue weighted by atomic mass is 9.90. The van der Waals surface area contributed by atoms with Crippen LogP contribution in [0.2, 0.25) is 0 Å². The summed E-state index contributed by atoms with van der Waals surface area (Å²) in [6.07, 6.45) is 6.45. The fraction of sp³-hybridized carbons (Fsp3) is 0.400. The summed E-state index contributed by atoms with van der Waals surface area (Å²) in [7, 11) is 1.66. The molecule has 24 heavy (non-hydrogen) atoms. The number of pyridine rings is 1. The third-order valence-corrected chi connectivity index (χ3v) is 4.78. The van der Waals surface area contributed by atoms with Crippen LogP contribution in [-0.4, -0.2) is 18.0 Å². The van der Waals surface area contributed by atoms with E-state index in [-0.39, 0.29) is 5.91 Å². The minimum absolute atomic E-state index is 0.0517. The Balaban J connectivity index is 1.72. The van der Waals surface area contributed by atoms with Crippen molar-refractivity contribution in [2.75, 3.05) is 7.11 Å². The first kappa shape index (κ1) is 16.5. The maximum atomic E-state index is 12.5. The number of aromatic nitrogens is 1. The first-order valence-corrected chi connectivity index (χ1v) is 8.49. The molecule has 1 heterocycles. The Morgan fingerprint density at radius 2 is 1.96 bits per heavy atom. The van der Waals surface area contributed by atoms with Crippen molar-refractivity contribution in [1.29, 1.82) is 0 Å². The zero-order chi connectivity index (χ0) is 17.1. The van der Waals surface area contributed by atoms with E-state index < -0.39 is 0 Å². The summed E-state index contributed by atoms with van der Waals surface area (Å²) in [5.74, 6) is 0.784. The van der Waals surface area contributed by atoms with E-state index in [2.05, 4.69) is 16.4 Å². The molecule has 4 nitrogen and oxygen atoms in total. The normalized spacial score (nSPS) is 13.3. The molecule has 0 saturated carbocycles. The van der Waals surface area contributed by atoms with Crippen molar-refractivity contribution in [1.82, 2.24) is 10.3 Å². The zero-order valence-electron chi connectivity index (χ0n) is 14.6. The number of methoxy groups -OCH3 is 1. The topological polar surface area (TPSA) is 51.2 Å². The Hall–Kier alpha value is -2.36. The maximum absolute atomic E-state index is 12.5. The van der Waals surface area contributed by atoms with E-state index in [1.54, 1.807) is 13.3 Å². The number of nitrogens with one attached hydrogen (secondary N) is 1. The molecule has 0 radical (unpaired) electrons. The van der Waals surface area contributed by atoms with Crippen molar-refractivity contribution in [3.8, 4) is 5.75 Å². The molecular formula is C20H24N2O2. The van der Waals surface area contributed by atoms with Gasteiger partial charge in [-0.1, -0.05) is 6.07 Å². The molecule has 0 spiro atoms. The summed E-state index contributed by atoms with van der Waals surface area (Å²) in [5, 5.41) is 2.98. The molecule has 1 aromatic heterocycles. The Bertz CT molecular complexity index is 768. The molecule has 0 aliphatic heterocycles. The summed E-state index contributed by atoms with van der Waals surface area (Å²) in [4.78, 5) is 16.9. The SMILES string of the molecule is COc1c(C)cnc(CNC(=O)c2ccc3c(c2)CCCC3)c1C. The number of aryl methyl sites for hydroxylation is 3. The molecule has 0 unspecified atom stereocenters. The van der Waals surface area contributed by atoms with Crippen molar-refractivity contribution in [2.45, 2.75) is 46.1 Å².